The summed E-state index contributed by atoms with van der Waals surface area (Å²) in [4.78, 5) is 0. The Kier molecular flexibility index (Phi) is 3.46. The number of aromatic nitrogens is 5. The van der Waals surface area contributed by atoms with Gasteiger partial charge in [0.2, 0.25) is 0 Å². The van der Waals surface area contributed by atoms with Crippen molar-refractivity contribution in [3.8, 4) is 17.0 Å². The minimum atomic E-state index is -0.308. The van der Waals surface area contributed by atoms with Gasteiger partial charge >= 0.3 is 0 Å². The van der Waals surface area contributed by atoms with Crippen LogP contribution in [0.2, 0.25) is 0 Å². The lowest BCUT2D eigenvalue weighted by Crippen LogP contribution is -2.06. The number of rotatable bonds is 4. The molecular weight excluding hydrogens is 326 g/mol. The van der Waals surface area contributed by atoms with Crippen LogP contribution in [0, 0.1) is 0 Å². The van der Waals surface area contributed by atoms with Crippen LogP contribution in [-0.2, 0) is 0 Å². The zero-order chi connectivity index (χ0) is 13.9. The summed E-state index contributed by atoms with van der Waals surface area (Å²) in [5.74, 6) is 1.23. The van der Waals surface area contributed by atoms with E-state index in [1.165, 1.54) is 6.26 Å². The Morgan fingerprint density at radius 1 is 1.35 bits per heavy atom. The highest BCUT2D eigenvalue weighted by Gasteiger charge is 2.16. The second-order valence-electron chi connectivity index (χ2n) is 4.07. The summed E-state index contributed by atoms with van der Waals surface area (Å²) >= 11 is 3.43. The molecule has 8 heteroatoms. The molecule has 20 heavy (non-hydrogen) atoms. The fraction of sp³-hybridized carbons (Fsp3) is 0.167. The maximum atomic E-state index is 5.89. The van der Waals surface area contributed by atoms with Crippen molar-refractivity contribution in [3.05, 3.63) is 40.8 Å². The number of halogens is 1. The van der Waals surface area contributed by atoms with Crippen LogP contribution in [0.4, 0.5) is 0 Å². The lowest BCUT2D eigenvalue weighted by Gasteiger charge is -2.14. The second-order valence-corrected chi connectivity index (χ2v) is 4.99. The average Bonchev–Trinajstić information content (AvgIpc) is 3.13. The van der Waals surface area contributed by atoms with E-state index in [1.54, 1.807) is 6.07 Å². The van der Waals surface area contributed by atoms with Crippen molar-refractivity contribution in [1.29, 1.82) is 0 Å². The van der Waals surface area contributed by atoms with Crippen molar-refractivity contribution in [2.24, 2.45) is 0 Å². The highest BCUT2D eigenvalue weighted by atomic mass is 79.9. The maximum Gasteiger partial charge on any atom is 0.189 e. The van der Waals surface area contributed by atoms with Gasteiger partial charge in [-0.15, -0.1) is 5.10 Å². The predicted octanol–water partition coefficient (Wildman–Crippen LogP) is 2.76. The average molecular weight is 336 g/mol. The van der Waals surface area contributed by atoms with Gasteiger partial charge in [-0.3, -0.25) is 0 Å². The Morgan fingerprint density at radius 3 is 2.95 bits per heavy atom. The van der Waals surface area contributed by atoms with Gasteiger partial charge in [0.25, 0.3) is 0 Å². The van der Waals surface area contributed by atoms with E-state index < -0.39 is 0 Å². The SMILES string of the molecule is CC(Oc1ccc(Br)cc1-c1ccon1)c1nnn[nH]1. The summed E-state index contributed by atoms with van der Waals surface area (Å²) in [5.41, 5.74) is 1.52. The van der Waals surface area contributed by atoms with Gasteiger partial charge in [0.1, 0.15) is 17.7 Å². The minimum absolute atomic E-state index is 0.308. The van der Waals surface area contributed by atoms with E-state index in [-0.39, 0.29) is 6.10 Å². The van der Waals surface area contributed by atoms with E-state index in [2.05, 4.69) is 41.7 Å². The highest BCUT2D eigenvalue weighted by Crippen LogP contribution is 2.33. The Hall–Kier alpha value is -2.22. The molecule has 1 N–H and O–H groups in total. The third-order valence-corrected chi connectivity index (χ3v) is 3.20. The molecule has 0 saturated heterocycles. The number of hydrogen-bond acceptors (Lipinski definition) is 6. The van der Waals surface area contributed by atoms with Gasteiger partial charge in [-0.25, -0.2) is 5.10 Å². The van der Waals surface area contributed by atoms with E-state index in [0.29, 0.717) is 17.3 Å². The fourth-order valence-electron chi connectivity index (χ4n) is 1.74. The first-order chi connectivity index (χ1) is 9.74. The Morgan fingerprint density at radius 2 is 2.25 bits per heavy atom. The molecule has 0 aliphatic carbocycles. The number of nitrogens with one attached hydrogen (secondary N) is 1. The van der Waals surface area contributed by atoms with Crippen LogP contribution in [0.25, 0.3) is 11.3 Å². The summed E-state index contributed by atoms with van der Waals surface area (Å²) in [6.45, 7) is 1.86. The molecule has 0 spiro atoms. The Balaban J connectivity index is 1.93. The number of tetrazole rings is 1. The lowest BCUT2D eigenvalue weighted by atomic mass is 10.1. The molecule has 1 unspecified atom stereocenters. The van der Waals surface area contributed by atoms with E-state index in [9.17, 15) is 0 Å². The molecule has 0 amide bonds. The number of aromatic amines is 1. The zero-order valence-corrected chi connectivity index (χ0v) is 12.0. The van der Waals surface area contributed by atoms with Crippen molar-refractivity contribution in [3.63, 3.8) is 0 Å². The molecule has 0 fully saturated rings. The van der Waals surface area contributed by atoms with Crippen LogP contribution in [0.1, 0.15) is 18.9 Å². The summed E-state index contributed by atoms with van der Waals surface area (Å²) in [6, 6.07) is 7.44. The van der Waals surface area contributed by atoms with E-state index in [0.717, 1.165) is 10.0 Å². The van der Waals surface area contributed by atoms with Crippen LogP contribution >= 0.6 is 15.9 Å². The number of benzene rings is 1. The van der Waals surface area contributed by atoms with Gasteiger partial charge in [0, 0.05) is 16.1 Å². The topological polar surface area (TPSA) is 89.7 Å². The minimum Gasteiger partial charge on any atom is -0.482 e. The summed E-state index contributed by atoms with van der Waals surface area (Å²) in [7, 11) is 0. The van der Waals surface area contributed by atoms with Crippen molar-refractivity contribution < 1.29 is 9.26 Å². The van der Waals surface area contributed by atoms with Crippen LogP contribution < -0.4 is 4.74 Å². The molecule has 3 rings (SSSR count). The van der Waals surface area contributed by atoms with Gasteiger partial charge in [-0.1, -0.05) is 21.1 Å². The van der Waals surface area contributed by atoms with E-state index in [1.807, 2.05) is 25.1 Å². The maximum absolute atomic E-state index is 5.89. The van der Waals surface area contributed by atoms with Gasteiger partial charge in [-0.05, 0) is 35.5 Å². The van der Waals surface area contributed by atoms with Crippen molar-refractivity contribution in [1.82, 2.24) is 25.8 Å². The molecule has 0 bridgehead atoms. The molecule has 7 nitrogen and oxygen atoms in total. The standard InChI is InChI=1S/C12H10BrN5O2/c1-7(12-14-17-18-15-12)20-11-3-2-8(13)6-9(11)10-4-5-19-16-10/h2-7H,1H3,(H,14,15,17,18). The van der Waals surface area contributed by atoms with Crippen molar-refractivity contribution in [2.45, 2.75) is 13.0 Å². The number of hydrogen-bond donors (Lipinski definition) is 1. The number of nitrogens with zero attached hydrogens (tertiary/aromatic N) is 4. The number of ether oxygens (including phenoxy) is 1. The highest BCUT2D eigenvalue weighted by molar-refractivity contribution is 9.10. The molecule has 2 aromatic heterocycles. The first-order valence-corrected chi connectivity index (χ1v) is 6.64. The molecule has 0 saturated carbocycles. The second kappa shape index (κ2) is 5.41. The quantitative estimate of drug-likeness (QED) is 0.788. The molecular formula is C12H10BrN5O2. The predicted molar refractivity (Wildman–Crippen MR) is 72.9 cm³/mol. The first-order valence-electron chi connectivity index (χ1n) is 5.84. The third-order valence-electron chi connectivity index (χ3n) is 2.71. The van der Waals surface area contributed by atoms with Gasteiger partial charge < -0.3 is 9.26 Å². The molecule has 1 atom stereocenters. The smallest absolute Gasteiger partial charge is 0.189 e. The number of H-pyrrole nitrogens is 1. The molecule has 1 aromatic carbocycles. The summed E-state index contributed by atoms with van der Waals surface area (Å²) in [6.07, 6.45) is 1.21. The molecule has 0 aliphatic rings. The molecule has 0 radical (unpaired) electrons. The molecule has 0 aliphatic heterocycles. The van der Waals surface area contributed by atoms with E-state index >= 15 is 0 Å². The van der Waals surface area contributed by atoms with Gasteiger partial charge in [0.05, 0.1) is 0 Å². The molecule has 102 valence electrons. The normalized spacial score (nSPS) is 12.3. The zero-order valence-electron chi connectivity index (χ0n) is 10.4. The third kappa shape index (κ3) is 2.55. The molecule has 2 heterocycles. The largest absolute Gasteiger partial charge is 0.482 e. The Labute approximate surface area is 122 Å². The van der Waals surface area contributed by atoms with Gasteiger partial charge in [0.15, 0.2) is 11.9 Å². The van der Waals surface area contributed by atoms with Crippen molar-refractivity contribution >= 4 is 15.9 Å². The van der Waals surface area contributed by atoms with Crippen LogP contribution in [0.15, 0.2) is 39.5 Å². The monoisotopic (exact) mass is 335 g/mol. The van der Waals surface area contributed by atoms with Crippen LogP contribution in [0.3, 0.4) is 0 Å². The first kappa shape index (κ1) is 12.8. The van der Waals surface area contributed by atoms with Crippen molar-refractivity contribution in [2.75, 3.05) is 0 Å². The molecule has 3 aromatic rings. The lowest BCUT2D eigenvalue weighted by molar-refractivity contribution is 0.217. The Bertz CT molecular complexity index is 684. The van der Waals surface area contributed by atoms with Crippen LogP contribution in [-0.4, -0.2) is 25.8 Å². The summed E-state index contributed by atoms with van der Waals surface area (Å²) < 4.78 is 11.7. The van der Waals surface area contributed by atoms with Gasteiger partial charge in [-0.2, -0.15) is 0 Å². The summed E-state index contributed by atoms with van der Waals surface area (Å²) in [5, 5.41) is 17.5. The fourth-order valence-corrected chi connectivity index (χ4v) is 2.10. The van der Waals surface area contributed by atoms with Crippen LogP contribution in [0.5, 0.6) is 5.75 Å². The van der Waals surface area contributed by atoms with E-state index in [4.69, 9.17) is 9.26 Å².